The maximum absolute atomic E-state index is 14.9. The van der Waals surface area contributed by atoms with Gasteiger partial charge in [0.05, 0.1) is 18.4 Å². The number of anilines is 2. The fourth-order valence-electron chi connectivity index (χ4n) is 3.75. The van der Waals surface area contributed by atoms with Crippen molar-refractivity contribution in [2.75, 3.05) is 18.5 Å². The van der Waals surface area contributed by atoms with Crippen LogP contribution in [0.25, 0.3) is 21.7 Å². The molecule has 3 aromatic heterocycles. The van der Waals surface area contributed by atoms with Crippen LogP contribution in [0, 0.1) is 11.7 Å². The van der Waals surface area contributed by atoms with Crippen LogP contribution in [-0.2, 0) is 11.2 Å². The number of thiophene rings is 1. The van der Waals surface area contributed by atoms with Gasteiger partial charge < -0.3 is 19.9 Å². The zero-order chi connectivity index (χ0) is 27.2. The van der Waals surface area contributed by atoms with Gasteiger partial charge in [-0.25, -0.2) is 19.2 Å². The van der Waals surface area contributed by atoms with Crippen LogP contribution < -0.4 is 10.1 Å². The number of aromatic carboxylic acids is 1. The standard InChI is InChI=1S/C28H30FN3O4S2/c1-16(2)12-24-25(18-7-8-22(21(29)14-18)36-10-9-35-17(3)4)31-28(38-24)32-26-20(27(33)34)13-19(15-30-26)23-6-5-11-37-23/h5-8,11,13-17H,9-10,12H2,1-4H3,(H,33,34)(H,30,31,32). The van der Waals surface area contributed by atoms with Crippen LogP contribution in [0.15, 0.2) is 48.0 Å². The van der Waals surface area contributed by atoms with Crippen molar-refractivity contribution in [1.29, 1.82) is 0 Å². The lowest BCUT2D eigenvalue weighted by Crippen LogP contribution is -2.11. The van der Waals surface area contributed by atoms with Crippen molar-refractivity contribution in [2.24, 2.45) is 5.92 Å². The van der Waals surface area contributed by atoms with Gasteiger partial charge in [-0.2, -0.15) is 0 Å². The minimum atomic E-state index is -1.09. The van der Waals surface area contributed by atoms with Crippen LogP contribution in [0.2, 0.25) is 0 Å². The number of aromatic nitrogens is 2. The molecule has 7 nitrogen and oxygen atoms in total. The second kappa shape index (κ2) is 12.5. The molecule has 0 amide bonds. The first kappa shape index (κ1) is 27.7. The lowest BCUT2D eigenvalue weighted by atomic mass is 10.0. The van der Waals surface area contributed by atoms with Crippen molar-refractivity contribution in [3.05, 3.63) is 64.2 Å². The summed E-state index contributed by atoms with van der Waals surface area (Å²) in [4.78, 5) is 23.0. The molecule has 0 saturated carbocycles. The first-order valence-corrected chi connectivity index (χ1v) is 14.0. The molecule has 2 N–H and O–H groups in total. The topological polar surface area (TPSA) is 93.6 Å². The Bertz CT molecular complexity index is 1390. The number of thiazole rings is 1. The number of halogens is 1. The average molecular weight is 556 g/mol. The highest BCUT2D eigenvalue weighted by Gasteiger charge is 2.20. The van der Waals surface area contributed by atoms with E-state index in [0.29, 0.717) is 28.9 Å². The Kier molecular flexibility index (Phi) is 9.09. The van der Waals surface area contributed by atoms with E-state index in [9.17, 15) is 14.3 Å². The zero-order valence-electron chi connectivity index (χ0n) is 21.7. The number of carbonyl (C=O) groups is 1. The summed E-state index contributed by atoms with van der Waals surface area (Å²) in [7, 11) is 0. The monoisotopic (exact) mass is 555 g/mol. The van der Waals surface area contributed by atoms with Crippen LogP contribution in [0.3, 0.4) is 0 Å². The molecule has 0 unspecified atom stereocenters. The van der Waals surface area contributed by atoms with Gasteiger partial charge in [0.25, 0.3) is 0 Å². The van der Waals surface area contributed by atoms with E-state index >= 15 is 0 Å². The third-order valence-electron chi connectivity index (χ3n) is 5.44. The van der Waals surface area contributed by atoms with E-state index in [1.807, 2.05) is 31.4 Å². The third kappa shape index (κ3) is 6.94. The second-order valence-corrected chi connectivity index (χ2v) is 11.4. The Labute approximate surface area is 229 Å². The predicted molar refractivity (Wildman–Crippen MR) is 150 cm³/mol. The van der Waals surface area contributed by atoms with E-state index in [-0.39, 0.29) is 29.8 Å². The molecule has 1 aromatic carbocycles. The fourth-order valence-corrected chi connectivity index (χ4v) is 5.65. The molecular formula is C28H30FN3O4S2. The number of nitrogens with one attached hydrogen (secondary N) is 1. The van der Waals surface area contributed by atoms with E-state index in [4.69, 9.17) is 14.5 Å². The molecule has 4 aromatic rings. The molecule has 3 heterocycles. The predicted octanol–water partition coefficient (Wildman–Crippen LogP) is 7.52. The number of carboxylic acids is 1. The van der Waals surface area contributed by atoms with Crippen molar-refractivity contribution in [3.63, 3.8) is 0 Å². The molecule has 0 aliphatic rings. The summed E-state index contributed by atoms with van der Waals surface area (Å²) in [6.45, 7) is 8.68. The molecule has 0 fully saturated rings. The van der Waals surface area contributed by atoms with Gasteiger partial charge in [0.1, 0.15) is 18.0 Å². The Morgan fingerprint density at radius 3 is 2.61 bits per heavy atom. The van der Waals surface area contributed by atoms with E-state index in [0.717, 1.165) is 21.7 Å². The largest absolute Gasteiger partial charge is 0.488 e. The van der Waals surface area contributed by atoms with Crippen molar-refractivity contribution >= 4 is 39.6 Å². The number of pyridine rings is 1. The molecule has 0 bridgehead atoms. The number of benzene rings is 1. The first-order valence-electron chi connectivity index (χ1n) is 12.3. The van der Waals surface area contributed by atoms with Crippen molar-refractivity contribution in [3.8, 4) is 27.4 Å². The van der Waals surface area contributed by atoms with Crippen LogP contribution >= 0.6 is 22.7 Å². The fraction of sp³-hybridized carbons (Fsp3) is 0.321. The number of hydrogen-bond donors (Lipinski definition) is 2. The quantitative estimate of drug-likeness (QED) is 0.175. The van der Waals surface area contributed by atoms with E-state index in [1.165, 1.54) is 28.7 Å². The zero-order valence-corrected chi connectivity index (χ0v) is 23.3. The van der Waals surface area contributed by atoms with Gasteiger partial charge in [0, 0.05) is 27.1 Å². The summed E-state index contributed by atoms with van der Waals surface area (Å²) in [5.41, 5.74) is 2.04. The molecule has 4 rings (SSSR count). The normalized spacial score (nSPS) is 11.3. The Hall–Kier alpha value is -3.34. The third-order valence-corrected chi connectivity index (χ3v) is 7.35. The van der Waals surface area contributed by atoms with Gasteiger partial charge in [0.15, 0.2) is 16.7 Å². The summed E-state index contributed by atoms with van der Waals surface area (Å²) in [6, 6.07) is 10.2. The van der Waals surface area contributed by atoms with Crippen molar-refractivity contribution < 1.29 is 23.8 Å². The average Bonchev–Trinajstić information content (AvgIpc) is 3.53. The van der Waals surface area contributed by atoms with Crippen molar-refractivity contribution in [1.82, 2.24) is 9.97 Å². The molecule has 10 heteroatoms. The highest BCUT2D eigenvalue weighted by atomic mass is 32.1. The highest BCUT2D eigenvalue weighted by Crippen LogP contribution is 2.36. The minimum Gasteiger partial charge on any atom is -0.488 e. The number of carboxylic acid groups (broad SMARTS) is 1. The minimum absolute atomic E-state index is 0.0482. The van der Waals surface area contributed by atoms with Crippen LogP contribution in [0.1, 0.15) is 42.9 Å². The molecule has 0 spiro atoms. The smallest absolute Gasteiger partial charge is 0.339 e. The van der Waals surface area contributed by atoms with E-state index in [1.54, 1.807) is 24.4 Å². The molecule has 0 atom stereocenters. The van der Waals surface area contributed by atoms with Crippen LogP contribution in [0.4, 0.5) is 15.3 Å². The maximum atomic E-state index is 14.9. The second-order valence-electron chi connectivity index (χ2n) is 9.33. The van der Waals surface area contributed by atoms with Gasteiger partial charge in [0.2, 0.25) is 0 Å². The number of nitrogens with zero attached hydrogens (tertiary/aromatic N) is 2. The summed E-state index contributed by atoms with van der Waals surface area (Å²) in [5.74, 6) is -0.875. The van der Waals surface area contributed by atoms with Gasteiger partial charge in [-0.3, -0.25) is 0 Å². The molecule has 0 radical (unpaired) electrons. The highest BCUT2D eigenvalue weighted by molar-refractivity contribution is 7.16. The van der Waals surface area contributed by atoms with Crippen LogP contribution in [0.5, 0.6) is 5.75 Å². The lowest BCUT2D eigenvalue weighted by molar-refractivity contribution is 0.0544. The number of ether oxygens (including phenoxy) is 2. The Morgan fingerprint density at radius 2 is 1.95 bits per heavy atom. The van der Waals surface area contributed by atoms with Gasteiger partial charge in [-0.05, 0) is 61.9 Å². The van der Waals surface area contributed by atoms with Crippen molar-refractivity contribution in [2.45, 2.75) is 40.2 Å². The Morgan fingerprint density at radius 1 is 1.13 bits per heavy atom. The van der Waals surface area contributed by atoms with Gasteiger partial charge >= 0.3 is 5.97 Å². The molecule has 0 aliphatic heterocycles. The summed E-state index contributed by atoms with van der Waals surface area (Å²) in [5, 5.41) is 15.3. The van der Waals surface area contributed by atoms with Gasteiger partial charge in [-0.15, -0.1) is 22.7 Å². The molecule has 38 heavy (non-hydrogen) atoms. The van der Waals surface area contributed by atoms with E-state index in [2.05, 4.69) is 24.1 Å². The number of hydrogen-bond acceptors (Lipinski definition) is 8. The van der Waals surface area contributed by atoms with E-state index < -0.39 is 11.8 Å². The summed E-state index contributed by atoms with van der Waals surface area (Å²) in [6.07, 6.45) is 2.46. The SMILES string of the molecule is CC(C)Cc1sc(Nc2ncc(-c3cccs3)cc2C(=O)O)nc1-c1ccc(OCCOC(C)C)c(F)c1. The molecule has 200 valence electrons. The lowest BCUT2D eigenvalue weighted by Gasteiger charge is -2.11. The summed E-state index contributed by atoms with van der Waals surface area (Å²) >= 11 is 2.92. The summed E-state index contributed by atoms with van der Waals surface area (Å²) < 4.78 is 25.9. The molecular weight excluding hydrogens is 525 g/mol. The first-order chi connectivity index (χ1) is 18.2. The number of rotatable bonds is 12. The Balaban J connectivity index is 1.60. The molecule has 0 saturated heterocycles. The maximum Gasteiger partial charge on any atom is 0.339 e. The van der Waals surface area contributed by atoms with Gasteiger partial charge in [-0.1, -0.05) is 19.9 Å². The molecule has 0 aliphatic carbocycles. The van der Waals surface area contributed by atoms with Crippen LogP contribution in [-0.4, -0.2) is 40.4 Å².